The molecule has 8 nitrogen and oxygen atoms in total. The third-order valence-corrected chi connectivity index (χ3v) is 2.66. The first-order valence-electron chi connectivity index (χ1n) is 6.74. The predicted octanol–water partition coefficient (Wildman–Crippen LogP) is 2.19. The van der Waals surface area contributed by atoms with E-state index in [1.165, 1.54) is 24.3 Å². The number of carboxylic acid groups (broad SMARTS) is 4. The summed E-state index contributed by atoms with van der Waals surface area (Å²) in [5.74, 6) is -3.76. The van der Waals surface area contributed by atoms with Crippen LogP contribution in [0.3, 0.4) is 0 Å². The Morgan fingerprint density at radius 1 is 0.609 bits per heavy atom. The molecular weight excluding hydrogens is 308 g/mol. The summed E-state index contributed by atoms with van der Waals surface area (Å²) < 4.78 is 0. The topological polar surface area (TPSA) is 149 Å². The number of hydrogen-bond donors (Lipinski definition) is 4. The zero-order chi connectivity index (χ0) is 17.8. The van der Waals surface area contributed by atoms with Crippen LogP contribution in [0.4, 0.5) is 0 Å². The van der Waals surface area contributed by atoms with E-state index in [-0.39, 0.29) is 24.0 Å². The van der Waals surface area contributed by atoms with Crippen LogP contribution >= 0.6 is 0 Å². The quantitative estimate of drug-likeness (QED) is 0.531. The summed E-state index contributed by atoms with van der Waals surface area (Å²) >= 11 is 0. The summed E-state index contributed by atoms with van der Waals surface area (Å²) in [7, 11) is 0. The van der Waals surface area contributed by atoms with E-state index in [0.717, 1.165) is 0 Å². The van der Waals surface area contributed by atoms with Gasteiger partial charge in [0.15, 0.2) is 0 Å². The minimum atomic E-state index is -1.06. The number of rotatable bonds is 8. The first-order chi connectivity index (χ1) is 10.7. The Bertz CT molecular complexity index is 498. The van der Waals surface area contributed by atoms with Crippen molar-refractivity contribution in [2.45, 2.75) is 32.1 Å². The van der Waals surface area contributed by atoms with Crippen molar-refractivity contribution in [1.29, 1.82) is 0 Å². The highest BCUT2D eigenvalue weighted by Gasteiger charge is 2.04. The first kappa shape index (κ1) is 20.1. The molecule has 126 valence electrons. The maximum atomic E-state index is 10.3. The van der Waals surface area contributed by atoms with E-state index in [1.54, 1.807) is 0 Å². The van der Waals surface area contributed by atoms with Crippen LogP contribution in [-0.4, -0.2) is 44.3 Å². The van der Waals surface area contributed by atoms with E-state index in [9.17, 15) is 19.2 Å². The number of aliphatic carboxylic acids is 2. The van der Waals surface area contributed by atoms with Gasteiger partial charge in [0.25, 0.3) is 0 Å². The molecule has 1 rings (SSSR count). The number of unbranched alkanes of at least 4 members (excludes halogenated alkanes) is 2. The summed E-state index contributed by atoms with van der Waals surface area (Å²) in [5, 5.41) is 33.3. The van der Waals surface area contributed by atoms with Crippen LogP contribution in [0.5, 0.6) is 0 Å². The molecule has 0 spiro atoms. The number of carboxylic acids is 4. The standard InChI is InChI=1S/C8H6O4.C7H12O4/c9-7(10)5-1-2-6(4-3-5)8(11)12;8-6(9)4-2-1-3-5-7(10)11/h1-4H,(H,9,10)(H,11,12);1-5H2,(H,8,9)(H,10,11). The highest BCUT2D eigenvalue weighted by molar-refractivity contribution is 5.91. The molecule has 23 heavy (non-hydrogen) atoms. The van der Waals surface area contributed by atoms with Crippen LogP contribution in [0.2, 0.25) is 0 Å². The van der Waals surface area contributed by atoms with Crippen molar-refractivity contribution in [3.63, 3.8) is 0 Å². The van der Waals surface area contributed by atoms with Gasteiger partial charge >= 0.3 is 23.9 Å². The van der Waals surface area contributed by atoms with Gasteiger partial charge in [-0.25, -0.2) is 9.59 Å². The second-order valence-corrected chi connectivity index (χ2v) is 4.54. The lowest BCUT2D eigenvalue weighted by molar-refractivity contribution is -0.137. The van der Waals surface area contributed by atoms with Gasteiger partial charge in [-0.05, 0) is 37.1 Å². The van der Waals surface area contributed by atoms with Crippen molar-refractivity contribution in [1.82, 2.24) is 0 Å². The Morgan fingerprint density at radius 3 is 1.13 bits per heavy atom. The summed E-state index contributed by atoms with van der Waals surface area (Å²) in [4.78, 5) is 40.6. The molecular formula is C15H18O8. The van der Waals surface area contributed by atoms with Crippen molar-refractivity contribution in [2.24, 2.45) is 0 Å². The number of hydrogen-bond acceptors (Lipinski definition) is 4. The number of aromatic carboxylic acids is 2. The molecule has 0 atom stereocenters. The lowest BCUT2D eigenvalue weighted by Crippen LogP contribution is -1.99. The van der Waals surface area contributed by atoms with Gasteiger partial charge in [-0.1, -0.05) is 6.42 Å². The molecule has 1 aromatic carbocycles. The van der Waals surface area contributed by atoms with E-state index in [4.69, 9.17) is 20.4 Å². The Labute approximate surface area is 132 Å². The monoisotopic (exact) mass is 326 g/mol. The fourth-order valence-corrected chi connectivity index (χ4v) is 1.48. The molecule has 0 aliphatic carbocycles. The van der Waals surface area contributed by atoms with Gasteiger partial charge in [-0.2, -0.15) is 0 Å². The SMILES string of the molecule is O=C(O)CCCCCC(=O)O.O=C(O)c1ccc(C(=O)O)cc1. The van der Waals surface area contributed by atoms with Crippen LogP contribution in [0, 0.1) is 0 Å². The summed E-state index contributed by atoms with van der Waals surface area (Å²) in [6.45, 7) is 0. The van der Waals surface area contributed by atoms with E-state index in [1.807, 2.05) is 0 Å². The maximum Gasteiger partial charge on any atom is 0.335 e. The Morgan fingerprint density at radius 2 is 0.913 bits per heavy atom. The highest BCUT2D eigenvalue weighted by Crippen LogP contribution is 2.04. The molecule has 0 heterocycles. The normalized spacial score (nSPS) is 9.39. The lowest BCUT2D eigenvalue weighted by Gasteiger charge is -1.94. The fraction of sp³-hybridized carbons (Fsp3) is 0.333. The van der Waals surface area contributed by atoms with Crippen molar-refractivity contribution < 1.29 is 39.6 Å². The highest BCUT2D eigenvalue weighted by atomic mass is 16.4. The Balaban J connectivity index is 0.000000423. The second kappa shape index (κ2) is 10.8. The predicted molar refractivity (Wildman–Crippen MR) is 78.7 cm³/mol. The van der Waals surface area contributed by atoms with E-state index in [0.29, 0.717) is 19.3 Å². The molecule has 0 unspecified atom stereocenters. The van der Waals surface area contributed by atoms with Crippen LogP contribution < -0.4 is 0 Å². The van der Waals surface area contributed by atoms with Crippen molar-refractivity contribution in [2.75, 3.05) is 0 Å². The molecule has 0 aromatic heterocycles. The summed E-state index contributed by atoms with van der Waals surface area (Å²) in [6, 6.07) is 5.02. The van der Waals surface area contributed by atoms with Crippen molar-refractivity contribution in [3.05, 3.63) is 35.4 Å². The minimum Gasteiger partial charge on any atom is -0.481 e. The zero-order valence-corrected chi connectivity index (χ0v) is 12.3. The van der Waals surface area contributed by atoms with E-state index in [2.05, 4.69) is 0 Å². The van der Waals surface area contributed by atoms with Gasteiger partial charge in [0.1, 0.15) is 0 Å². The molecule has 0 bridgehead atoms. The second-order valence-electron chi connectivity index (χ2n) is 4.54. The molecule has 8 heteroatoms. The Hall–Kier alpha value is -2.90. The third-order valence-electron chi connectivity index (χ3n) is 2.66. The van der Waals surface area contributed by atoms with Crippen molar-refractivity contribution in [3.8, 4) is 0 Å². The maximum absolute atomic E-state index is 10.3. The smallest absolute Gasteiger partial charge is 0.335 e. The number of benzene rings is 1. The first-order valence-corrected chi connectivity index (χ1v) is 6.74. The van der Waals surface area contributed by atoms with Crippen LogP contribution in [-0.2, 0) is 9.59 Å². The molecule has 4 N–H and O–H groups in total. The van der Waals surface area contributed by atoms with Gasteiger partial charge in [0.05, 0.1) is 11.1 Å². The molecule has 0 amide bonds. The molecule has 0 saturated heterocycles. The Kier molecular flexibility index (Phi) is 9.42. The third kappa shape index (κ3) is 10.5. The average Bonchev–Trinajstić information content (AvgIpc) is 2.47. The van der Waals surface area contributed by atoms with E-state index < -0.39 is 23.9 Å². The fourth-order valence-electron chi connectivity index (χ4n) is 1.48. The molecule has 0 aliphatic heterocycles. The zero-order valence-electron chi connectivity index (χ0n) is 12.3. The molecule has 0 fully saturated rings. The van der Waals surface area contributed by atoms with E-state index >= 15 is 0 Å². The number of carbonyl (C=O) groups is 4. The largest absolute Gasteiger partial charge is 0.481 e. The molecule has 0 saturated carbocycles. The van der Waals surface area contributed by atoms with Crippen molar-refractivity contribution >= 4 is 23.9 Å². The average molecular weight is 326 g/mol. The molecule has 0 radical (unpaired) electrons. The van der Waals surface area contributed by atoms with Crippen LogP contribution in [0.25, 0.3) is 0 Å². The molecule has 1 aromatic rings. The van der Waals surface area contributed by atoms with Gasteiger partial charge in [0.2, 0.25) is 0 Å². The lowest BCUT2D eigenvalue weighted by atomic mass is 10.1. The van der Waals surface area contributed by atoms with Gasteiger partial charge in [0, 0.05) is 12.8 Å². The van der Waals surface area contributed by atoms with Crippen LogP contribution in [0.1, 0.15) is 52.8 Å². The summed E-state index contributed by atoms with van der Waals surface area (Å²) in [6.07, 6.45) is 2.10. The van der Waals surface area contributed by atoms with Gasteiger partial charge in [-0.15, -0.1) is 0 Å². The minimum absolute atomic E-state index is 0.0833. The van der Waals surface area contributed by atoms with Crippen LogP contribution in [0.15, 0.2) is 24.3 Å². The van der Waals surface area contributed by atoms with Gasteiger partial charge < -0.3 is 20.4 Å². The van der Waals surface area contributed by atoms with Gasteiger partial charge in [-0.3, -0.25) is 9.59 Å². The summed E-state index contributed by atoms with van der Waals surface area (Å²) in [5.41, 5.74) is 0.167. The molecule has 0 aliphatic rings.